The van der Waals surface area contributed by atoms with Gasteiger partial charge in [-0.2, -0.15) is 0 Å². The minimum atomic E-state index is -0.295. The van der Waals surface area contributed by atoms with Crippen LogP contribution in [0.2, 0.25) is 0 Å². The minimum Gasteiger partial charge on any atom is -0.369 e. The summed E-state index contributed by atoms with van der Waals surface area (Å²) in [7, 11) is 0. The third kappa shape index (κ3) is 3.00. The summed E-state index contributed by atoms with van der Waals surface area (Å²) in [5, 5.41) is 13.5. The maximum Gasteiger partial charge on any atom is 0.276 e. The predicted molar refractivity (Wildman–Crippen MR) is 68.4 cm³/mol. The largest absolute Gasteiger partial charge is 0.369 e. The predicted octanol–water partition coefficient (Wildman–Crippen LogP) is 1.56. The minimum absolute atomic E-state index is 0.272. The fourth-order valence-corrected chi connectivity index (χ4v) is 1.36. The summed E-state index contributed by atoms with van der Waals surface area (Å²) in [5.41, 5.74) is 0.945. The molecule has 0 radical (unpaired) electrons. The van der Waals surface area contributed by atoms with Gasteiger partial charge in [0.1, 0.15) is 5.82 Å². The molecule has 2 rings (SSSR count). The monoisotopic (exact) mass is 243 g/mol. The van der Waals surface area contributed by atoms with Gasteiger partial charge in [-0.1, -0.05) is 0 Å². The van der Waals surface area contributed by atoms with E-state index in [4.69, 9.17) is 0 Å². The molecule has 0 fully saturated rings. The van der Waals surface area contributed by atoms with Gasteiger partial charge in [0.2, 0.25) is 0 Å². The molecule has 0 unspecified atom stereocenters. The fraction of sp³-hybridized carbons (Fsp3) is 0.167. The van der Waals surface area contributed by atoms with Crippen molar-refractivity contribution in [3.05, 3.63) is 42.4 Å². The SMILES string of the molecule is CCNc1ccc(C(=O)Nc2ccncc2)nn1. The quantitative estimate of drug-likeness (QED) is 0.851. The van der Waals surface area contributed by atoms with E-state index in [0.717, 1.165) is 6.54 Å². The van der Waals surface area contributed by atoms with E-state index in [1.54, 1.807) is 36.7 Å². The maximum absolute atomic E-state index is 11.8. The molecule has 92 valence electrons. The van der Waals surface area contributed by atoms with Crippen LogP contribution in [0.25, 0.3) is 0 Å². The molecule has 18 heavy (non-hydrogen) atoms. The first-order valence-corrected chi connectivity index (χ1v) is 5.58. The molecule has 0 aliphatic heterocycles. The molecule has 0 aliphatic carbocycles. The van der Waals surface area contributed by atoms with Crippen LogP contribution in [0.4, 0.5) is 11.5 Å². The molecule has 6 heteroatoms. The van der Waals surface area contributed by atoms with Crippen LogP contribution >= 0.6 is 0 Å². The molecule has 0 saturated carbocycles. The summed E-state index contributed by atoms with van der Waals surface area (Å²) >= 11 is 0. The Bertz CT molecular complexity index is 512. The van der Waals surface area contributed by atoms with Gasteiger partial charge in [-0.3, -0.25) is 9.78 Å². The number of hydrogen-bond donors (Lipinski definition) is 2. The lowest BCUT2D eigenvalue weighted by atomic mass is 10.3. The zero-order chi connectivity index (χ0) is 12.8. The first-order valence-electron chi connectivity index (χ1n) is 5.58. The van der Waals surface area contributed by atoms with E-state index in [-0.39, 0.29) is 11.6 Å². The third-order valence-electron chi connectivity index (χ3n) is 2.19. The number of carbonyl (C=O) groups excluding carboxylic acids is 1. The van der Waals surface area contributed by atoms with Crippen LogP contribution in [0.5, 0.6) is 0 Å². The smallest absolute Gasteiger partial charge is 0.276 e. The lowest BCUT2D eigenvalue weighted by Crippen LogP contribution is -2.14. The Kier molecular flexibility index (Phi) is 3.80. The second kappa shape index (κ2) is 5.72. The van der Waals surface area contributed by atoms with E-state index in [1.807, 2.05) is 6.92 Å². The van der Waals surface area contributed by atoms with Gasteiger partial charge in [0.05, 0.1) is 0 Å². The van der Waals surface area contributed by atoms with E-state index in [1.165, 1.54) is 0 Å². The Hall–Kier alpha value is -2.50. The van der Waals surface area contributed by atoms with Gasteiger partial charge in [0, 0.05) is 24.6 Å². The Morgan fingerprint density at radius 1 is 1.17 bits per heavy atom. The van der Waals surface area contributed by atoms with Crippen LogP contribution in [0.15, 0.2) is 36.7 Å². The van der Waals surface area contributed by atoms with E-state index in [9.17, 15) is 4.79 Å². The van der Waals surface area contributed by atoms with Crippen LogP contribution < -0.4 is 10.6 Å². The summed E-state index contributed by atoms with van der Waals surface area (Å²) in [6.07, 6.45) is 3.21. The molecule has 0 aromatic carbocycles. The molecule has 0 atom stereocenters. The molecule has 0 bridgehead atoms. The van der Waals surface area contributed by atoms with Crippen LogP contribution in [-0.4, -0.2) is 27.6 Å². The highest BCUT2D eigenvalue weighted by Gasteiger charge is 2.08. The standard InChI is InChI=1S/C12H13N5O/c1-2-14-11-4-3-10(16-17-11)12(18)15-9-5-7-13-8-6-9/h3-8H,2H2,1H3,(H,14,17)(H,13,15,18). The van der Waals surface area contributed by atoms with Gasteiger partial charge in [-0.25, -0.2) is 0 Å². The van der Waals surface area contributed by atoms with Crippen molar-refractivity contribution in [2.45, 2.75) is 6.92 Å². The van der Waals surface area contributed by atoms with E-state index >= 15 is 0 Å². The van der Waals surface area contributed by atoms with Crippen molar-refractivity contribution in [3.8, 4) is 0 Å². The number of rotatable bonds is 4. The molecule has 0 saturated heterocycles. The van der Waals surface area contributed by atoms with Crippen molar-refractivity contribution < 1.29 is 4.79 Å². The Morgan fingerprint density at radius 2 is 1.94 bits per heavy atom. The van der Waals surface area contributed by atoms with Gasteiger partial charge >= 0.3 is 0 Å². The number of nitrogens with zero attached hydrogens (tertiary/aromatic N) is 3. The molecule has 6 nitrogen and oxygen atoms in total. The molecule has 2 heterocycles. The van der Waals surface area contributed by atoms with Crippen molar-refractivity contribution in [2.24, 2.45) is 0 Å². The summed E-state index contributed by atoms with van der Waals surface area (Å²) in [4.78, 5) is 15.7. The molecule has 2 aromatic heterocycles. The molecule has 2 N–H and O–H groups in total. The summed E-state index contributed by atoms with van der Waals surface area (Å²) in [6, 6.07) is 6.76. The molecule has 0 aliphatic rings. The average molecular weight is 243 g/mol. The maximum atomic E-state index is 11.8. The molecular weight excluding hydrogens is 230 g/mol. The van der Waals surface area contributed by atoms with Gasteiger partial charge < -0.3 is 10.6 Å². The zero-order valence-electron chi connectivity index (χ0n) is 9.92. The summed E-state index contributed by atoms with van der Waals surface area (Å²) in [5.74, 6) is 0.356. The van der Waals surface area contributed by atoms with Crippen molar-refractivity contribution in [1.29, 1.82) is 0 Å². The van der Waals surface area contributed by atoms with Crippen molar-refractivity contribution in [1.82, 2.24) is 15.2 Å². The summed E-state index contributed by atoms with van der Waals surface area (Å²) < 4.78 is 0. The number of anilines is 2. The van der Waals surface area contributed by atoms with Crippen molar-refractivity contribution in [3.63, 3.8) is 0 Å². The molecule has 2 aromatic rings. The van der Waals surface area contributed by atoms with Crippen LogP contribution in [0.1, 0.15) is 17.4 Å². The number of carbonyl (C=O) groups is 1. The van der Waals surface area contributed by atoms with E-state index < -0.39 is 0 Å². The molecular formula is C12H13N5O. The zero-order valence-corrected chi connectivity index (χ0v) is 9.92. The van der Waals surface area contributed by atoms with Crippen molar-refractivity contribution in [2.75, 3.05) is 17.2 Å². The first kappa shape index (κ1) is 12.0. The van der Waals surface area contributed by atoms with Crippen molar-refractivity contribution >= 4 is 17.4 Å². The Balaban J connectivity index is 2.05. The molecule has 1 amide bonds. The van der Waals surface area contributed by atoms with Crippen LogP contribution in [-0.2, 0) is 0 Å². The number of pyridine rings is 1. The van der Waals surface area contributed by atoms with E-state index in [2.05, 4.69) is 25.8 Å². The topological polar surface area (TPSA) is 79.8 Å². The van der Waals surface area contributed by atoms with Crippen LogP contribution in [0, 0.1) is 0 Å². The van der Waals surface area contributed by atoms with Crippen LogP contribution in [0.3, 0.4) is 0 Å². The lowest BCUT2D eigenvalue weighted by Gasteiger charge is -2.04. The first-order chi connectivity index (χ1) is 8.79. The lowest BCUT2D eigenvalue weighted by molar-refractivity contribution is 0.102. The fourth-order valence-electron chi connectivity index (χ4n) is 1.36. The average Bonchev–Trinajstić information content (AvgIpc) is 2.41. The van der Waals surface area contributed by atoms with Gasteiger partial charge in [-0.05, 0) is 31.2 Å². The van der Waals surface area contributed by atoms with Gasteiger partial charge in [0.25, 0.3) is 5.91 Å². The number of amides is 1. The summed E-state index contributed by atoms with van der Waals surface area (Å²) in [6.45, 7) is 2.73. The highest BCUT2D eigenvalue weighted by Crippen LogP contribution is 2.07. The van der Waals surface area contributed by atoms with E-state index in [0.29, 0.717) is 11.5 Å². The molecule has 0 spiro atoms. The Labute approximate surface area is 104 Å². The van der Waals surface area contributed by atoms with Gasteiger partial charge in [0.15, 0.2) is 5.69 Å². The second-order valence-corrected chi connectivity index (χ2v) is 3.52. The highest BCUT2D eigenvalue weighted by molar-refractivity contribution is 6.02. The highest BCUT2D eigenvalue weighted by atomic mass is 16.1. The second-order valence-electron chi connectivity index (χ2n) is 3.52. The number of aromatic nitrogens is 3. The van der Waals surface area contributed by atoms with Gasteiger partial charge in [-0.15, -0.1) is 10.2 Å². The third-order valence-corrected chi connectivity index (χ3v) is 2.19. The number of nitrogens with one attached hydrogen (secondary N) is 2. The Morgan fingerprint density at radius 3 is 2.56 bits per heavy atom. The normalized spacial score (nSPS) is 9.83. The number of hydrogen-bond acceptors (Lipinski definition) is 5.